The Morgan fingerprint density at radius 3 is 2.65 bits per heavy atom. The molecule has 0 spiro atoms. The number of hydrogen-bond acceptors (Lipinski definition) is 4. The van der Waals surface area contributed by atoms with E-state index in [9.17, 15) is 4.79 Å². The minimum Gasteiger partial charge on any atom is -0.444 e. The molecule has 0 radical (unpaired) electrons. The number of amides is 1. The van der Waals surface area contributed by atoms with E-state index in [0.717, 1.165) is 45.2 Å². The van der Waals surface area contributed by atoms with Gasteiger partial charge in [-0.2, -0.15) is 0 Å². The maximum Gasteiger partial charge on any atom is 0.410 e. The van der Waals surface area contributed by atoms with Gasteiger partial charge >= 0.3 is 6.09 Å². The van der Waals surface area contributed by atoms with Gasteiger partial charge in [-0.3, -0.25) is 0 Å². The molecule has 1 atom stereocenters. The zero-order valence-electron chi connectivity index (χ0n) is 16.0. The molecule has 1 aliphatic heterocycles. The quantitative estimate of drug-likeness (QED) is 0.744. The second kappa shape index (κ2) is 9.48. The summed E-state index contributed by atoms with van der Waals surface area (Å²) in [5, 5.41) is 3.56. The molecule has 0 aromatic heterocycles. The van der Waals surface area contributed by atoms with Crippen LogP contribution >= 0.6 is 0 Å². The highest BCUT2D eigenvalue weighted by molar-refractivity contribution is 5.68. The summed E-state index contributed by atoms with van der Waals surface area (Å²) in [7, 11) is 0. The predicted molar refractivity (Wildman–Crippen MR) is 95.7 cm³/mol. The number of ether oxygens (including phenoxy) is 1. The van der Waals surface area contributed by atoms with E-state index in [1.807, 2.05) is 27.7 Å². The van der Waals surface area contributed by atoms with Gasteiger partial charge in [0.15, 0.2) is 0 Å². The second-order valence-electron chi connectivity index (χ2n) is 8.07. The Morgan fingerprint density at radius 2 is 2.09 bits per heavy atom. The smallest absolute Gasteiger partial charge is 0.410 e. The summed E-state index contributed by atoms with van der Waals surface area (Å²) in [5.74, 6) is 1.45. The number of nitrogens with zero attached hydrogens (tertiary/aromatic N) is 2. The van der Waals surface area contributed by atoms with E-state index in [4.69, 9.17) is 4.74 Å². The molecule has 1 rings (SSSR count). The summed E-state index contributed by atoms with van der Waals surface area (Å²) < 4.78 is 5.46. The van der Waals surface area contributed by atoms with E-state index in [2.05, 4.69) is 24.1 Å². The molecule has 1 saturated heterocycles. The molecule has 136 valence electrons. The first kappa shape index (κ1) is 20.2. The molecule has 1 amide bonds. The SMILES string of the molecule is CCN(CCN1CCC(CNCC(C)C)C1)C(=O)OC(C)(C)C. The third-order valence-corrected chi connectivity index (χ3v) is 4.08. The van der Waals surface area contributed by atoms with Crippen molar-refractivity contribution in [3.05, 3.63) is 0 Å². The third-order valence-electron chi connectivity index (χ3n) is 4.08. The number of nitrogens with one attached hydrogen (secondary N) is 1. The van der Waals surface area contributed by atoms with Gasteiger partial charge in [0.05, 0.1) is 0 Å². The van der Waals surface area contributed by atoms with Crippen LogP contribution < -0.4 is 5.32 Å². The fraction of sp³-hybridized carbons (Fsp3) is 0.944. The van der Waals surface area contributed by atoms with Gasteiger partial charge in [0.25, 0.3) is 0 Å². The van der Waals surface area contributed by atoms with Crippen molar-refractivity contribution < 1.29 is 9.53 Å². The molecule has 23 heavy (non-hydrogen) atoms. The molecule has 5 heteroatoms. The van der Waals surface area contributed by atoms with Crippen molar-refractivity contribution in [1.82, 2.24) is 15.1 Å². The average molecular weight is 328 g/mol. The van der Waals surface area contributed by atoms with Crippen LogP contribution in [0.2, 0.25) is 0 Å². The first-order valence-corrected chi connectivity index (χ1v) is 9.12. The van der Waals surface area contributed by atoms with Crippen LogP contribution in [0.3, 0.4) is 0 Å². The molecular formula is C18H37N3O2. The Hall–Kier alpha value is -0.810. The van der Waals surface area contributed by atoms with E-state index in [-0.39, 0.29) is 6.09 Å². The van der Waals surface area contributed by atoms with Crippen molar-refractivity contribution in [3.63, 3.8) is 0 Å². The molecule has 1 heterocycles. The summed E-state index contributed by atoms with van der Waals surface area (Å²) in [4.78, 5) is 16.4. The maximum absolute atomic E-state index is 12.1. The number of carbonyl (C=O) groups is 1. The summed E-state index contributed by atoms with van der Waals surface area (Å²) in [5.41, 5.74) is -0.425. The molecule has 0 bridgehead atoms. The highest BCUT2D eigenvalue weighted by Gasteiger charge is 2.25. The third kappa shape index (κ3) is 8.56. The minimum atomic E-state index is -0.425. The van der Waals surface area contributed by atoms with Crippen LogP contribution in [0.4, 0.5) is 4.79 Å². The lowest BCUT2D eigenvalue weighted by atomic mass is 10.1. The van der Waals surface area contributed by atoms with Gasteiger partial charge in [-0.25, -0.2) is 4.79 Å². The first-order valence-electron chi connectivity index (χ1n) is 9.12. The van der Waals surface area contributed by atoms with E-state index in [0.29, 0.717) is 12.5 Å². The van der Waals surface area contributed by atoms with Crippen LogP contribution in [0.25, 0.3) is 0 Å². The fourth-order valence-corrected chi connectivity index (χ4v) is 2.83. The van der Waals surface area contributed by atoms with Gasteiger partial charge in [-0.1, -0.05) is 13.8 Å². The topological polar surface area (TPSA) is 44.8 Å². The van der Waals surface area contributed by atoms with Crippen LogP contribution in [-0.2, 0) is 4.74 Å². The molecule has 0 aliphatic carbocycles. The average Bonchev–Trinajstić information content (AvgIpc) is 2.85. The lowest BCUT2D eigenvalue weighted by molar-refractivity contribution is 0.0246. The number of carbonyl (C=O) groups excluding carboxylic acids is 1. The Kier molecular flexibility index (Phi) is 8.34. The van der Waals surface area contributed by atoms with Crippen LogP contribution in [0.15, 0.2) is 0 Å². The van der Waals surface area contributed by atoms with Crippen LogP contribution in [0, 0.1) is 11.8 Å². The minimum absolute atomic E-state index is 0.200. The summed E-state index contributed by atoms with van der Waals surface area (Å²) in [6.45, 7) is 19.1. The maximum atomic E-state index is 12.1. The van der Waals surface area contributed by atoms with Crippen molar-refractivity contribution in [2.45, 2.75) is 53.6 Å². The second-order valence-corrected chi connectivity index (χ2v) is 8.07. The number of likely N-dealkylation sites (N-methyl/N-ethyl adjacent to an activating group) is 1. The monoisotopic (exact) mass is 327 g/mol. The van der Waals surface area contributed by atoms with Crippen LogP contribution in [0.1, 0.15) is 48.0 Å². The summed E-state index contributed by atoms with van der Waals surface area (Å²) >= 11 is 0. The van der Waals surface area contributed by atoms with E-state index in [1.165, 1.54) is 6.42 Å². The Bertz CT molecular complexity index is 353. The lowest BCUT2D eigenvalue weighted by Crippen LogP contribution is -2.41. The Labute approximate surface area is 142 Å². The molecule has 0 saturated carbocycles. The number of hydrogen-bond donors (Lipinski definition) is 1. The Balaban J connectivity index is 2.27. The summed E-state index contributed by atoms with van der Waals surface area (Å²) in [6, 6.07) is 0. The van der Waals surface area contributed by atoms with Gasteiger partial charge in [-0.15, -0.1) is 0 Å². The van der Waals surface area contributed by atoms with Crippen LogP contribution in [0.5, 0.6) is 0 Å². The van der Waals surface area contributed by atoms with Crippen molar-refractivity contribution in [2.75, 3.05) is 45.8 Å². The normalized spacial score (nSPS) is 19.3. The van der Waals surface area contributed by atoms with E-state index < -0.39 is 5.60 Å². The standard InChI is InChI=1S/C18H37N3O2/c1-7-21(17(22)23-18(4,5)6)11-10-20-9-8-16(14-20)13-19-12-15(2)3/h15-16,19H,7-14H2,1-6H3. The van der Waals surface area contributed by atoms with Crippen molar-refractivity contribution in [2.24, 2.45) is 11.8 Å². The molecule has 1 fully saturated rings. The van der Waals surface area contributed by atoms with E-state index >= 15 is 0 Å². The fourth-order valence-electron chi connectivity index (χ4n) is 2.83. The van der Waals surface area contributed by atoms with Crippen molar-refractivity contribution >= 4 is 6.09 Å². The first-order chi connectivity index (χ1) is 10.7. The highest BCUT2D eigenvalue weighted by Crippen LogP contribution is 2.16. The van der Waals surface area contributed by atoms with Gasteiger partial charge in [0.1, 0.15) is 5.60 Å². The lowest BCUT2D eigenvalue weighted by Gasteiger charge is -2.28. The molecule has 1 N–H and O–H groups in total. The van der Waals surface area contributed by atoms with Crippen LogP contribution in [-0.4, -0.2) is 67.3 Å². The number of rotatable bonds is 8. The van der Waals surface area contributed by atoms with Gasteiger partial charge in [-0.05, 0) is 65.6 Å². The highest BCUT2D eigenvalue weighted by atomic mass is 16.6. The summed E-state index contributed by atoms with van der Waals surface area (Å²) in [6.07, 6.45) is 1.05. The molecule has 1 aliphatic rings. The van der Waals surface area contributed by atoms with Gasteiger partial charge < -0.3 is 19.9 Å². The number of likely N-dealkylation sites (tertiary alicyclic amines) is 1. The molecule has 0 aromatic carbocycles. The van der Waals surface area contributed by atoms with Crippen molar-refractivity contribution in [3.8, 4) is 0 Å². The zero-order chi connectivity index (χ0) is 17.5. The van der Waals surface area contributed by atoms with Gasteiger partial charge in [0.2, 0.25) is 0 Å². The molecule has 0 aromatic rings. The molecule has 5 nitrogen and oxygen atoms in total. The molecular weight excluding hydrogens is 290 g/mol. The largest absolute Gasteiger partial charge is 0.444 e. The predicted octanol–water partition coefficient (Wildman–Crippen LogP) is 2.81. The zero-order valence-corrected chi connectivity index (χ0v) is 16.0. The van der Waals surface area contributed by atoms with Gasteiger partial charge in [0, 0.05) is 26.2 Å². The molecule has 1 unspecified atom stereocenters. The van der Waals surface area contributed by atoms with E-state index in [1.54, 1.807) is 4.90 Å². The van der Waals surface area contributed by atoms with Crippen molar-refractivity contribution in [1.29, 1.82) is 0 Å². The Morgan fingerprint density at radius 1 is 1.39 bits per heavy atom.